The highest BCUT2D eigenvalue weighted by molar-refractivity contribution is 5.80. The van der Waals surface area contributed by atoms with Crippen LogP contribution in [0.2, 0.25) is 0 Å². The maximum absolute atomic E-state index is 5.48. The van der Waals surface area contributed by atoms with Crippen molar-refractivity contribution in [2.45, 2.75) is 38.1 Å². The van der Waals surface area contributed by atoms with E-state index < -0.39 is 0 Å². The molecule has 4 aromatic rings. The molecule has 0 bridgehead atoms. The molecule has 1 aliphatic rings. The molecule has 30 heavy (non-hydrogen) atoms. The number of fused-ring (bicyclic) bond motifs is 1. The summed E-state index contributed by atoms with van der Waals surface area (Å²) in [6, 6.07) is 12.2. The number of ether oxygens (including phenoxy) is 2. The van der Waals surface area contributed by atoms with E-state index in [1.165, 1.54) is 25.7 Å². The molecular weight excluding hydrogens is 382 g/mol. The van der Waals surface area contributed by atoms with Crippen molar-refractivity contribution in [3.05, 3.63) is 47.9 Å². The van der Waals surface area contributed by atoms with Gasteiger partial charge in [-0.2, -0.15) is 4.98 Å². The van der Waals surface area contributed by atoms with Gasteiger partial charge in [0.1, 0.15) is 5.52 Å². The lowest BCUT2D eigenvalue weighted by molar-refractivity contribution is 0.354. The van der Waals surface area contributed by atoms with E-state index in [0.29, 0.717) is 35.7 Å². The summed E-state index contributed by atoms with van der Waals surface area (Å²) in [5.41, 5.74) is 3.77. The molecule has 2 aromatic heterocycles. The highest BCUT2D eigenvalue weighted by atomic mass is 16.5. The van der Waals surface area contributed by atoms with E-state index in [4.69, 9.17) is 14.0 Å². The minimum absolute atomic E-state index is 0.458. The summed E-state index contributed by atoms with van der Waals surface area (Å²) >= 11 is 0. The predicted molar refractivity (Wildman–Crippen MR) is 111 cm³/mol. The molecule has 1 fully saturated rings. The minimum atomic E-state index is 0.458. The van der Waals surface area contributed by atoms with Gasteiger partial charge in [0, 0.05) is 5.56 Å². The maximum atomic E-state index is 5.48. The molecule has 1 saturated carbocycles. The molecule has 0 N–H and O–H groups in total. The second-order valence-corrected chi connectivity index (χ2v) is 7.55. The highest BCUT2D eigenvalue weighted by Gasteiger charge is 2.20. The summed E-state index contributed by atoms with van der Waals surface area (Å²) in [4.78, 5) is 4.56. The summed E-state index contributed by atoms with van der Waals surface area (Å²) in [6.07, 6.45) is 5.37. The molecule has 0 unspecified atom stereocenters. The van der Waals surface area contributed by atoms with Crippen LogP contribution in [0, 0.1) is 0 Å². The van der Waals surface area contributed by atoms with Gasteiger partial charge in [-0.05, 0) is 48.7 Å². The molecule has 2 aromatic carbocycles. The monoisotopic (exact) mass is 405 g/mol. The smallest absolute Gasteiger partial charge is 0.231 e. The third-order valence-electron chi connectivity index (χ3n) is 5.67. The van der Waals surface area contributed by atoms with Crippen LogP contribution in [0.1, 0.15) is 43.2 Å². The third kappa shape index (κ3) is 3.38. The lowest BCUT2D eigenvalue weighted by Crippen LogP contribution is -2.06. The van der Waals surface area contributed by atoms with Crippen LogP contribution in [0.15, 0.2) is 40.9 Å². The summed E-state index contributed by atoms with van der Waals surface area (Å²) in [5, 5.41) is 12.9. The van der Waals surface area contributed by atoms with Crippen molar-refractivity contribution in [2.75, 3.05) is 14.2 Å². The zero-order valence-corrected chi connectivity index (χ0v) is 17.0. The van der Waals surface area contributed by atoms with Gasteiger partial charge in [0.15, 0.2) is 11.5 Å². The second kappa shape index (κ2) is 7.78. The van der Waals surface area contributed by atoms with Crippen LogP contribution in [0.5, 0.6) is 11.5 Å². The number of benzene rings is 2. The van der Waals surface area contributed by atoms with E-state index in [1.54, 1.807) is 14.2 Å². The van der Waals surface area contributed by atoms with E-state index in [0.717, 1.165) is 22.2 Å². The van der Waals surface area contributed by atoms with Crippen LogP contribution in [0.25, 0.3) is 22.4 Å². The zero-order valence-electron chi connectivity index (χ0n) is 17.0. The first kappa shape index (κ1) is 18.6. The summed E-state index contributed by atoms with van der Waals surface area (Å²) in [5.74, 6) is 2.44. The zero-order chi connectivity index (χ0) is 20.5. The largest absolute Gasteiger partial charge is 0.493 e. The Bertz CT molecular complexity index is 1180. The average Bonchev–Trinajstić information content (AvgIpc) is 3.53. The van der Waals surface area contributed by atoms with Crippen molar-refractivity contribution in [1.82, 2.24) is 25.1 Å². The Morgan fingerprint density at radius 3 is 2.67 bits per heavy atom. The molecule has 0 radical (unpaired) electrons. The summed E-state index contributed by atoms with van der Waals surface area (Å²) < 4.78 is 18.2. The Kier molecular flexibility index (Phi) is 4.82. The number of hydrogen-bond donors (Lipinski definition) is 0. The Labute approximate surface area is 173 Å². The molecule has 0 saturated heterocycles. The standard InChI is InChI=1S/C22H23N5O3/c1-28-19-10-7-14(11-20(19)29-2)12-21-23-22(25-30-21)15-8-9-18-17(13-15)24-26-27(18)16-5-3-4-6-16/h7-11,13,16H,3-6,12H2,1-2H3. The van der Waals surface area contributed by atoms with Crippen LogP contribution in [-0.4, -0.2) is 39.4 Å². The van der Waals surface area contributed by atoms with Crippen molar-refractivity contribution in [1.29, 1.82) is 0 Å². The van der Waals surface area contributed by atoms with Crippen LogP contribution >= 0.6 is 0 Å². The highest BCUT2D eigenvalue weighted by Crippen LogP contribution is 2.32. The van der Waals surface area contributed by atoms with Gasteiger partial charge in [-0.25, -0.2) is 4.68 Å². The van der Waals surface area contributed by atoms with E-state index >= 15 is 0 Å². The molecule has 0 amide bonds. The van der Waals surface area contributed by atoms with Crippen LogP contribution in [0.4, 0.5) is 0 Å². The molecule has 5 rings (SSSR count). The normalized spacial score (nSPS) is 14.5. The van der Waals surface area contributed by atoms with Gasteiger partial charge in [0.25, 0.3) is 0 Å². The molecule has 154 valence electrons. The topological polar surface area (TPSA) is 88.1 Å². The van der Waals surface area contributed by atoms with E-state index in [2.05, 4.69) is 25.1 Å². The molecular formula is C22H23N5O3. The molecule has 8 heteroatoms. The number of nitrogens with zero attached hydrogens (tertiary/aromatic N) is 5. The minimum Gasteiger partial charge on any atom is -0.493 e. The Morgan fingerprint density at radius 1 is 1.03 bits per heavy atom. The number of rotatable bonds is 6. The third-order valence-corrected chi connectivity index (χ3v) is 5.67. The number of aromatic nitrogens is 5. The van der Waals surface area contributed by atoms with Crippen LogP contribution in [0.3, 0.4) is 0 Å². The predicted octanol–water partition coefficient (Wildman–Crippen LogP) is 4.20. The fraction of sp³-hybridized carbons (Fsp3) is 0.364. The Hall–Kier alpha value is -3.42. The van der Waals surface area contributed by atoms with Gasteiger partial charge in [-0.15, -0.1) is 5.10 Å². The average molecular weight is 405 g/mol. The Balaban J connectivity index is 1.38. The fourth-order valence-corrected chi connectivity index (χ4v) is 4.11. The first-order valence-electron chi connectivity index (χ1n) is 10.1. The second-order valence-electron chi connectivity index (χ2n) is 7.55. The molecule has 2 heterocycles. The number of methoxy groups -OCH3 is 2. The first-order valence-corrected chi connectivity index (χ1v) is 10.1. The SMILES string of the molecule is COc1ccc(Cc2nc(-c3ccc4c(c3)nnn4C3CCCC3)no2)cc1OC. The van der Waals surface area contributed by atoms with Crippen molar-refractivity contribution >= 4 is 11.0 Å². The van der Waals surface area contributed by atoms with Gasteiger partial charge >= 0.3 is 0 Å². The lowest BCUT2D eigenvalue weighted by atomic mass is 10.1. The quantitative estimate of drug-likeness (QED) is 0.475. The Morgan fingerprint density at radius 2 is 1.87 bits per heavy atom. The van der Waals surface area contributed by atoms with Crippen molar-refractivity contribution in [3.63, 3.8) is 0 Å². The molecule has 0 atom stereocenters. The van der Waals surface area contributed by atoms with Gasteiger partial charge in [0.05, 0.1) is 32.2 Å². The van der Waals surface area contributed by atoms with Gasteiger partial charge in [0.2, 0.25) is 11.7 Å². The number of hydrogen-bond acceptors (Lipinski definition) is 7. The molecule has 0 spiro atoms. The van der Waals surface area contributed by atoms with Crippen molar-refractivity contribution in [3.8, 4) is 22.9 Å². The summed E-state index contributed by atoms with van der Waals surface area (Å²) in [7, 11) is 3.23. The van der Waals surface area contributed by atoms with E-state index in [1.807, 2.05) is 36.4 Å². The van der Waals surface area contributed by atoms with Gasteiger partial charge < -0.3 is 14.0 Å². The van der Waals surface area contributed by atoms with E-state index in [9.17, 15) is 0 Å². The molecule has 8 nitrogen and oxygen atoms in total. The van der Waals surface area contributed by atoms with Crippen molar-refractivity contribution < 1.29 is 14.0 Å². The maximum Gasteiger partial charge on any atom is 0.231 e. The molecule has 1 aliphatic carbocycles. The van der Waals surface area contributed by atoms with Crippen LogP contribution in [-0.2, 0) is 6.42 Å². The van der Waals surface area contributed by atoms with E-state index in [-0.39, 0.29) is 0 Å². The lowest BCUT2D eigenvalue weighted by Gasteiger charge is -2.09. The summed E-state index contributed by atoms with van der Waals surface area (Å²) in [6.45, 7) is 0. The van der Waals surface area contributed by atoms with Gasteiger partial charge in [-0.3, -0.25) is 0 Å². The fourth-order valence-electron chi connectivity index (χ4n) is 4.11. The van der Waals surface area contributed by atoms with Crippen molar-refractivity contribution in [2.24, 2.45) is 0 Å². The first-order chi connectivity index (χ1) is 14.7. The van der Waals surface area contributed by atoms with Crippen LogP contribution < -0.4 is 9.47 Å². The molecule has 0 aliphatic heterocycles. The van der Waals surface area contributed by atoms with Gasteiger partial charge in [-0.1, -0.05) is 29.3 Å².